The molecule has 0 aliphatic heterocycles. The van der Waals surface area contributed by atoms with Gasteiger partial charge < -0.3 is 5.32 Å². The van der Waals surface area contributed by atoms with Gasteiger partial charge in [0.1, 0.15) is 0 Å². The summed E-state index contributed by atoms with van der Waals surface area (Å²) in [7, 11) is 0. The number of nitrogens with one attached hydrogen (secondary N) is 1. The molecule has 0 fully saturated rings. The molecule has 1 amide bonds. The molecule has 9 heavy (non-hydrogen) atoms. The van der Waals surface area contributed by atoms with Gasteiger partial charge >= 0.3 is 0 Å². The van der Waals surface area contributed by atoms with Crippen molar-refractivity contribution in [2.45, 2.75) is 34.1 Å². The average Bonchev–Trinajstić information content (AvgIpc) is 1.67. The Morgan fingerprint density at radius 3 is 1.78 bits per heavy atom. The van der Waals surface area contributed by atoms with E-state index in [0.717, 1.165) is 6.54 Å². The van der Waals surface area contributed by atoms with Crippen molar-refractivity contribution in [2.24, 2.45) is 0 Å². The van der Waals surface area contributed by atoms with Crippen LogP contribution in [0.4, 0.5) is 0 Å². The van der Waals surface area contributed by atoms with Gasteiger partial charge in [-0.2, -0.15) is 0 Å². The van der Waals surface area contributed by atoms with Crippen molar-refractivity contribution in [1.82, 2.24) is 5.32 Å². The molecule has 1 N–H and O–H groups in total. The normalized spacial score (nSPS) is 7.11. The summed E-state index contributed by atoms with van der Waals surface area (Å²) < 4.78 is 0. The Hall–Kier alpha value is -0.530. The van der Waals surface area contributed by atoms with Crippen LogP contribution in [-0.4, -0.2) is 12.5 Å². The summed E-state index contributed by atoms with van der Waals surface area (Å²) in [6.45, 7) is 8.38. The summed E-state index contributed by atoms with van der Waals surface area (Å²) >= 11 is 0. The highest BCUT2D eigenvalue weighted by atomic mass is 16.1. The minimum atomic E-state index is 0. The molecule has 0 radical (unpaired) electrons. The van der Waals surface area contributed by atoms with Crippen molar-refractivity contribution in [3.05, 3.63) is 0 Å². The predicted octanol–water partition coefficient (Wildman–Crippen LogP) is 1.80. The fraction of sp³-hybridized carbons (Fsp3) is 0.857. The van der Waals surface area contributed by atoms with Crippen LogP contribution in [0.15, 0.2) is 0 Å². The van der Waals surface area contributed by atoms with Crippen LogP contribution in [0.1, 0.15) is 35.5 Å². The fourth-order valence-electron chi connectivity index (χ4n) is 0.249. The van der Waals surface area contributed by atoms with E-state index in [0.29, 0.717) is 0 Å². The number of amides is 1. The summed E-state index contributed by atoms with van der Waals surface area (Å²) in [5.74, 6) is 0.0394. The highest BCUT2D eigenvalue weighted by Gasteiger charge is 1.78. The van der Waals surface area contributed by atoms with Crippen LogP contribution in [0, 0.1) is 0 Å². The third kappa shape index (κ3) is 36.6. The van der Waals surface area contributed by atoms with E-state index in [1.165, 1.54) is 13.3 Å². The monoisotopic (exact) mass is 133 g/mol. The van der Waals surface area contributed by atoms with E-state index in [2.05, 4.69) is 19.2 Å². The van der Waals surface area contributed by atoms with Crippen molar-refractivity contribution < 1.29 is 6.22 Å². The van der Waals surface area contributed by atoms with Crippen LogP contribution >= 0.6 is 0 Å². The lowest BCUT2D eigenvalue weighted by molar-refractivity contribution is -0.118. The second-order valence-corrected chi connectivity index (χ2v) is 1.79. The lowest BCUT2D eigenvalue weighted by atomic mass is 10.6. The van der Waals surface area contributed by atoms with E-state index in [1.807, 2.05) is 6.92 Å². The number of carbonyl (C=O) groups is 1. The zero-order valence-electron chi connectivity index (χ0n) is 6.82. The molecule has 0 atom stereocenters. The molecule has 0 rings (SSSR count). The van der Waals surface area contributed by atoms with E-state index in [1.54, 1.807) is 0 Å². The third-order valence-corrected chi connectivity index (χ3v) is 0.426. The van der Waals surface area contributed by atoms with Gasteiger partial charge in [0.15, 0.2) is 0 Å². The highest BCUT2D eigenvalue weighted by molar-refractivity contribution is 5.72. The van der Waals surface area contributed by atoms with Gasteiger partial charge in [-0.25, -0.2) is 0 Å². The molecule has 0 bridgehead atoms. The lowest BCUT2D eigenvalue weighted by Crippen LogP contribution is -2.18. The Balaban J connectivity index is -0.000000107. The Kier molecular flexibility index (Phi) is 13.1. The third-order valence-electron chi connectivity index (χ3n) is 0.426. The molecule has 0 aromatic heterocycles. The second kappa shape index (κ2) is 10.5. The molecule has 0 spiro atoms. The van der Waals surface area contributed by atoms with Gasteiger partial charge in [-0.1, -0.05) is 20.3 Å². The predicted molar refractivity (Wildman–Crippen MR) is 42.4 cm³/mol. The van der Waals surface area contributed by atoms with Crippen LogP contribution in [-0.2, 0) is 4.79 Å². The highest BCUT2D eigenvalue weighted by Crippen LogP contribution is 1.56. The van der Waals surface area contributed by atoms with Crippen molar-refractivity contribution in [2.75, 3.05) is 6.54 Å². The first-order chi connectivity index (χ1) is 4.18. The molecule has 0 unspecified atom stereocenters. The number of rotatable bonds is 1. The Labute approximate surface area is 59.1 Å². The van der Waals surface area contributed by atoms with E-state index in [9.17, 15) is 4.79 Å². The topological polar surface area (TPSA) is 29.1 Å². The van der Waals surface area contributed by atoms with Crippen molar-refractivity contribution in [3.63, 3.8) is 0 Å². The molecule has 0 aromatic carbocycles. The number of hydrogen-bond donors (Lipinski definition) is 1. The zero-order valence-corrected chi connectivity index (χ0v) is 6.82. The molecule has 0 heterocycles. The summed E-state index contributed by atoms with van der Waals surface area (Å²) in [5.41, 5.74) is 0. The molecule has 0 saturated heterocycles. The van der Waals surface area contributed by atoms with Gasteiger partial charge in [0.25, 0.3) is 0 Å². The molecule has 0 saturated carbocycles. The Bertz CT molecular complexity index is 66.6. The first-order valence-corrected chi connectivity index (χ1v) is 3.43. The number of carbonyl (C=O) groups excluding carboxylic acids is 1. The summed E-state index contributed by atoms with van der Waals surface area (Å²) in [6.07, 6.45) is 1.25. The van der Waals surface area contributed by atoms with Gasteiger partial charge in [-0.05, 0) is 6.92 Å². The van der Waals surface area contributed by atoms with Crippen molar-refractivity contribution >= 4 is 5.91 Å². The fourth-order valence-corrected chi connectivity index (χ4v) is 0.249. The molecule has 0 aliphatic carbocycles. The van der Waals surface area contributed by atoms with Gasteiger partial charge in [0.05, 0.1) is 0 Å². The largest absolute Gasteiger partial charge is 0.357 e. The van der Waals surface area contributed by atoms with E-state index < -0.39 is 0 Å². The van der Waals surface area contributed by atoms with Crippen molar-refractivity contribution in [3.8, 4) is 0 Å². The molecular weight excluding hydrogens is 114 g/mol. The maximum absolute atomic E-state index is 9.93. The molecule has 0 aliphatic rings. The minimum absolute atomic E-state index is 0. The van der Waals surface area contributed by atoms with E-state index in [-0.39, 0.29) is 7.33 Å². The smallest absolute Gasteiger partial charge is 0.216 e. The molecular formula is C7H19NO. The minimum Gasteiger partial charge on any atom is -0.357 e. The van der Waals surface area contributed by atoms with E-state index in [4.69, 9.17) is 0 Å². The van der Waals surface area contributed by atoms with Crippen LogP contribution in [0.5, 0.6) is 0 Å². The average molecular weight is 133 g/mol. The van der Waals surface area contributed by atoms with Gasteiger partial charge in [-0.3, -0.25) is 4.79 Å². The molecule has 2 heteroatoms. The summed E-state index contributed by atoms with van der Waals surface area (Å²) in [4.78, 5) is 9.93. The summed E-state index contributed by atoms with van der Waals surface area (Å²) in [5, 5.41) is 2.57. The van der Waals surface area contributed by atoms with Crippen LogP contribution in [0.2, 0.25) is 0 Å². The summed E-state index contributed by atoms with van der Waals surface area (Å²) in [6, 6.07) is 0. The van der Waals surface area contributed by atoms with Crippen molar-refractivity contribution in [1.29, 1.82) is 0 Å². The maximum atomic E-state index is 9.93. The maximum Gasteiger partial charge on any atom is 0.216 e. The van der Waals surface area contributed by atoms with Crippen LogP contribution in [0.25, 0.3) is 0 Å². The number of hydrogen-bond acceptors (Lipinski definition) is 1. The Morgan fingerprint density at radius 2 is 1.78 bits per heavy atom. The Morgan fingerprint density at radius 1 is 1.44 bits per heavy atom. The molecule has 58 valence electrons. The van der Waals surface area contributed by atoms with Gasteiger partial charge in [-0.15, -0.1) is 0 Å². The molecule has 0 aromatic rings. The standard InChI is InChI=1S/C4H9NO.C3H8.H2/c1-3-5-4(2)6;1-3-2;/h3H2,1-2H3,(H,5,6);3H2,1-2H3;1H. The van der Waals surface area contributed by atoms with Crippen LogP contribution in [0.3, 0.4) is 0 Å². The first kappa shape index (κ1) is 11.3. The van der Waals surface area contributed by atoms with Gasteiger partial charge in [0.2, 0.25) is 5.91 Å². The zero-order chi connectivity index (χ0) is 7.70. The SMILES string of the molecule is CCC.CCNC(C)=O.[HH]. The lowest BCUT2D eigenvalue weighted by Gasteiger charge is -1.88. The molecule has 2 nitrogen and oxygen atoms in total. The second-order valence-electron chi connectivity index (χ2n) is 1.79. The quantitative estimate of drug-likeness (QED) is 0.580. The van der Waals surface area contributed by atoms with E-state index >= 15 is 0 Å². The van der Waals surface area contributed by atoms with Gasteiger partial charge in [0, 0.05) is 14.9 Å². The first-order valence-electron chi connectivity index (χ1n) is 3.43. The van der Waals surface area contributed by atoms with Crippen LogP contribution < -0.4 is 5.32 Å².